The first-order valence-electron chi connectivity index (χ1n) is 10.4. The highest BCUT2D eigenvalue weighted by Crippen LogP contribution is 2.43. The molecular formula is C21H28N4O2. The molecule has 144 valence electrons. The Hall–Kier alpha value is -2.11. The zero-order valence-corrected chi connectivity index (χ0v) is 15.8. The van der Waals surface area contributed by atoms with Crippen LogP contribution in [0.4, 0.5) is 5.82 Å². The van der Waals surface area contributed by atoms with Crippen molar-refractivity contribution in [3.05, 3.63) is 23.9 Å². The van der Waals surface area contributed by atoms with Gasteiger partial charge < -0.3 is 15.1 Å². The van der Waals surface area contributed by atoms with E-state index in [4.69, 9.17) is 0 Å². The fourth-order valence-corrected chi connectivity index (χ4v) is 4.73. The van der Waals surface area contributed by atoms with E-state index in [9.17, 15) is 9.59 Å². The first-order chi connectivity index (χ1) is 13.1. The smallest absolute Gasteiger partial charge is 0.251 e. The van der Waals surface area contributed by atoms with Gasteiger partial charge in [-0.3, -0.25) is 9.59 Å². The van der Waals surface area contributed by atoms with Gasteiger partial charge in [0, 0.05) is 55.3 Å². The standard InChI is InChI=1S/C21H28N4O2/c26-19-6-9-21(14-25(19)17-4-5-17)8-1-11-24(13-21)18-12-15(7-10-22-18)20(27)23-16-2-3-16/h7,10,12,16-17H,1-6,8-9,11,13-14H2,(H,23,27). The summed E-state index contributed by atoms with van der Waals surface area (Å²) in [5.74, 6) is 1.25. The molecule has 1 unspecified atom stereocenters. The van der Waals surface area contributed by atoms with Crippen molar-refractivity contribution in [3.63, 3.8) is 0 Å². The van der Waals surface area contributed by atoms with Crippen LogP contribution in [0, 0.1) is 5.41 Å². The van der Waals surface area contributed by atoms with Crippen LogP contribution in [0.5, 0.6) is 0 Å². The fraction of sp³-hybridized carbons (Fsp3) is 0.667. The molecule has 4 aliphatic rings. The number of piperidine rings is 2. The minimum atomic E-state index is 0.0102. The van der Waals surface area contributed by atoms with Crippen molar-refractivity contribution in [2.75, 3.05) is 24.5 Å². The Labute approximate surface area is 160 Å². The normalized spacial score (nSPS) is 28.5. The molecule has 0 bridgehead atoms. The van der Waals surface area contributed by atoms with Gasteiger partial charge in [-0.05, 0) is 57.1 Å². The third-order valence-electron chi connectivity index (χ3n) is 6.59. The summed E-state index contributed by atoms with van der Waals surface area (Å²) in [4.78, 5) is 33.8. The van der Waals surface area contributed by atoms with Crippen LogP contribution in [-0.4, -0.2) is 53.4 Å². The number of anilines is 1. The number of amides is 2. The van der Waals surface area contributed by atoms with Gasteiger partial charge in [-0.1, -0.05) is 0 Å². The minimum Gasteiger partial charge on any atom is -0.356 e. The summed E-state index contributed by atoms with van der Waals surface area (Å²) in [6.07, 6.45) is 10.2. The largest absolute Gasteiger partial charge is 0.356 e. The number of likely N-dealkylation sites (tertiary alicyclic amines) is 1. The molecule has 1 spiro atoms. The van der Waals surface area contributed by atoms with Crippen molar-refractivity contribution in [2.24, 2.45) is 5.41 Å². The summed E-state index contributed by atoms with van der Waals surface area (Å²) < 4.78 is 0. The lowest BCUT2D eigenvalue weighted by atomic mass is 9.73. The van der Waals surface area contributed by atoms with Crippen molar-refractivity contribution < 1.29 is 9.59 Å². The van der Waals surface area contributed by atoms with Gasteiger partial charge in [0.15, 0.2) is 0 Å². The van der Waals surface area contributed by atoms with Crippen molar-refractivity contribution in [1.82, 2.24) is 15.2 Å². The van der Waals surface area contributed by atoms with E-state index in [-0.39, 0.29) is 11.3 Å². The molecular weight excluding hydrogens is 340 g/mol. The summed E-state index contributed by atoms with van der Waals surface area (Å²) >= 11 is 0. The lowest BCUT2D eigenvalue weighted by molar-refractivity contribution is -0.138. The number of carbonyl (C=O) groups is 2. The number of pyridine rings is 1. The van der Waals surface area contributed by atoms with Gasteiger partial charge in [0.2, 0.25) is 5.91 Å². The maximum Gasteiger partial charge on any atom is 0.251 e. The molecule has 6 heteroatoms. The van der Waals surface area contributed by atoms with E-state index in [1.165, 1.54) is 19.3 Å². The van der Waals surface area contributed by atoms with Crippen LogP contribution >= 0.6 is 0 Å². The van der Waals surface area contributed by atoms with Crippen LogP contribution in [0.1, 0.15) is 61.7 Å². The van der Waals surface area contributed by atoms with E-state index < -0.39 is 0 Å². The van der Waals surface area contributed by atoms with Gasteiger partial charge >= 0.3 is 0 Å². The number of rotatable bonds is 4. The third kappa shape index (κ3) is 3.54. The molecule has 2 aliphatic carbocycles. The number of nitrogens with zero attached hydrogens (tertiary/aromatic N) is 3. The predicted octanol–water partition coefficient (Wildman–Crippen LogP) is 2.35. The second kappa shape index (κ2) is 6.50. The number of carbonyl (C=O) groups excluding carboxylic acids is 2. The van der Waals surface area contributed by atoms with Crippen LogP contribution in [0.15, 0.2) is 18.3 Å². The highest BCUT2D eigenvalue weighted by Gasteiger charge is 2.45. The molecule has 0 radical (unpaired) electrons. The van der Waals surface area contributed by atoms with Crippen molar-refractivity contribution in [2.45, 2.75) is 63.5 Å². The van der Waals surface area contributed by atoms with Crippen molar-refractivity contribution >= 4 is 17.6 Å². The number of aromatic nitrogens is 1. The lowest BCUT2D eigenvalue weighted by Gasteiger charge is -2.48. The Morgan fingerprint density at radius 2 is 2.04 bits per heavy atom. The maximum absolute atomic E-state index is 12.4. The summed E-state index contributed by atoms with van der Waals surface area (Å²) in [6.45, 7) is 2.80. The van der Waals surface area contributed by atoms with Crippen LogP contribution in [0.3, 0.4) is 0 Å². The van der Waals surface area contributed by atoms with Gasteiger partial charge in [-0.15, -0.1) is 0 Å². The van der Waals surface area contributed by atoms with Crippen LogP contribution in [0.25, 0.3) is 0 Å². The third-order valence-corrected chi connectivity index (χ3v) is 6.59. The Kier molecular flexibility index (Phi) is 4.10. The van der Waals surface area contributed by atoms with Gasteiger partial charge in [0.05, 0.1) is 0 Å². The molecule has 1 atom stereocenters. The lowest BCUT2D eigenvalue weighted by Crippen LogP contribution is -2.54. The maximum atomic E-state index is 12.4. The van der Waals surface area contributed by atoms with E-state index in [2.05, 4.69) is 20.1 Å². The predicted molar refractivity (Wildman–Crippen MR) is 103 cm³/mol. The molecule has 2 amide bonds. The van der Waals surface area contributed by atoms with Crippen molar-refractivity contribution in [3.8, 4) is 0 Å². The molecule has 2 aliphatic heterocycles. The second-order valence-electron chi connectivity index (χ2n) is 8.93. The minimum absolute atomic E-state index is 0.0102. The number of hydrogen-bond donors (Lipinski definition) is 1. The van der Waals surface area contributed by atoms with E-state index >= 15 is 0 Å². The van der Waals surface area contributed by atoms with E-state index in [1.807, 2.05) is 6.07 Å². The summed E-state index contributed by atoms with van der Waals surface area (Å²) in [6, 6.07) is 4.59. The number of nitrogens with one attached hydrogen (secondary N) is 1. The molecule has 1 aromatic heterocycles. The average Bonchev–Trinajstić information content (AvgIpc) is 3.59. The highest BCUT2D eigenvalue weighted by atomic mass is 16.2. The van der Waals surface area contributed by atoms with Gasteiger partial charge in [-0.25, -0.2) is 4.98 Å². The van der Waals surface area contributed by atoms with Gasteiger partial charge in [0.1, 0.15) is 5.82 Å². The summed E-state index contributed by atoms with van der Waals surface area (Å²) in [5.41, 5.74) is 0.882. The molecule has 1 aromatic rings. The average molecular weight is 368 g/mol. The molecule has 4 fully saturated rings. The number of hydrogen-bond acceptors (Lipinski definition) is 4. The molecule has 3 heterocycles. The zero-order chi connectivity index (χ0) is 18.4. The van der Waals surface area contributed by atoms with Crippen LogP contribution in [0.2, 0.25) is 0 Å². The second-order valence-corrected chi connectivity index (χ2v) is 8.93. The first-order valence-corrected chi connectivity index (χ1v) is 10.4. The van der Waals surface area contributed by atoms with E-state index in [0.29, 0.717) is 30.0 Å². The Morgan fingerprint density at radius 3 is 2.81 bits per heavy atom. The summed E-state index contributed by atoms with van der Waals surface area (Å²) in [5, 5.41) is 3.06. The van der Waals surface area contributed by atoms with E-state index in [1.54, 1.807) is 12.3 Å². The molecule has 6 nitrogen and oxygen atoms in total. The molecule has 27 heavy (non-hydrogen) atoms. The first kappa shape index (κ1) is 17.0. The zero-order valence-electron chi connectivity index (χ0n) is 15.8. The Balaban J connectivity index is 1.32. The van der Waals surface area contributed by atoms with Crippen LogP contribution in [-0.2, 0) is 4.79 Å². The Bertz CT molecular complexity index is 758. The molecule has 5 rings (SSSR count). The van der Waals surface area contributed by atoms with Crippen molar-refractivity contribution in [1.29, 1.82) is 0 Å². The quantitative estimate of drug-likeness (QED) is 0.886. The van der Waals surface area contributed by atoms with Gasteiger partial charge in [-0.2, -0.15) is 0 Å². The van der Waals surface area contributed by atoms with E-state index in [0.717, 1.165) is 51.1 Å². The Morgan fingerprint density at radius 1 is 1.19 bits per heavy atom. The summed E-state index contributed by atoms with van der Waals surface area (Å²) in [7, 11) is 0. The van der Waals surface area contributed by atoms with Gasteiger partial charge in [0.25, 0.3) is 5.91 Å². The fourth-order valence-electron chi connectivity index (χ4n) is 4.73. The topological polar surface area (TPSA) is 65.5 Å². The SMILES string of the molecule is O=C(NC1CC1)c1ccnc(N2CCCC3(CCC(=O)N(C4CC4)C3)C2)c1. The highest BCUT2D eigenvalue weighted by molar-refractivity contribution is 5.95. The monoisotopic (exact) mass is 368 g/mol. The molecule has 2 saturated carbocycles. The molecule has 0 aromatic carbocycles. The van der Waals surface area contributed by atoms with Crippen LogP contribution < -0.4 is 10.2 Å². The molecule has 2 saturated heterocycles. The molecule has 1 N–H and O–H groups in total.